The predicted octanol–water partition coefficient (Wildman–Crippen LogP) is 0.727. The highest BCUT2D eigenvalue weighted by Crippen LogP contribution is 2.23. The third kappa shape index (κ3) is 3.15. The summed E-state index contributed by atoms with van der Waals surface area (Å²) in [7, 11) is 0. The molecule has 0 atom stereocenters. The van der Waals surface area contributed by atoms with Crippen LogP contribution >= 0.6 is 0 Å². The zero-order valence-corrected chi connectivity index (χ0v) is 9.77. The first kappa shape index (κ1) is 12.4. The molecule has 0 bridgehead atoms. The molecule has 0 radical (unpaired) electrons. The number of amides is 1. The fraction of sp³-hybridized carbons (Fsp3) is 0.600. The van der Waals surface area contributed by atoms with Crippen LogP contribution in [0.4, 0.5) is 0 Å². The molecule has 0 fully saturated rings. The maximum atomic E-state index is 10.6. The van der Waals surface area contributed by atoms with Gasteiger partial charge >= 0.3 is 0 Å². The number of rotatable bonds is 6. The van der Waals surface area contributed by atoms with E-state index in [1.165, 1.54) is 0 Å². The van der Waals surface area contributed by atoms with Crippen molar-refractivity contribution in [3.63, 3.8) is 0 Å². The first-order valence-corrected chi connectivity index (χ1v) is 5.18. The number of nitrogens with two attached hydrogens (primary N) is 1. The van der Waals surface area contributed by atoms with E-state index >= 15 is 0 Å². The van der Waals surface area contributed by atoms with Crippen molar-refractivity contribution in [2.24, 2.45) is 5.73 Å². The summed E-state index contributed by atoms with van der Waals surface area (Å²) in [5.74, 6) is 0.447. The minimum Gasteiger partial charge on any atom is -0.477 e. The second kappa shape index (κ2) is 5.39. The Morgan fingerprint density at radius 1 is 1.56 bits per heavy atom. The number of aromatic nitrogens is 2. The molecule has 0 aromatic carbocycles. The van der Waals surface area contributed by atoms with Crippen molar-refractivity contribution in [3.05, 3.63) is 6.07 Å². The van der Waals surface area contributed by atoms with Gasteiger partial charge in [-0.25, -0.2) is 4.68 Å². The van der Waals surface area contributed by atoms with Gasteiger partial charge in [-0.2, -0.15) is 0 Å². The van der Waals surface area contributed by atoms with Crippen LogP contribution in [0.3, 0.4) is 0 Å². The molecule has 0 aliphatic carbocycles. The van der Waals surface area contributed by atoms with Gasteiger partial charge in [-0.1, -0.05) is 0 Å². The number of ether oxygens (including phenoxy) is 2. The molecular weight excluding hydrogens is 210 g/mol. The van der Waals surface area contributed by atoms with Gasteiger partial charge in [0.1, 0.15) is 0 Å². The average molecular weight is 227 g/mol. The fourth-order valence-electron chi connectivity index (χ4n) is 1.20. The largest absolute Gasteiger partial charge is 0.477 e. The van der Waals surface area contributed by atoms with E-state index in [0.29, 0.717) is 18.4 Å². The molecule has 1 aromatic rings. The molecule has 0 saturated heterocycles. The summed E-state index contributed by atoms with van der Waals surface area (Å²) in [6.07, 6.45) is 0. The molecule has 1 aromatic heterocycles. The number of primary amides is 1. The van der Waals surface area contributed by atoms with Crippen molar-refractivity contribution >= 4 is 5.91 Å². The number of hydrogen-bond donors (Lipinski definition) is 1. The lowest BCUT2D eigenvalue weighted by Crippen LogP contribution is -2.21. The average Bonchev–Trinajstić information content (AvgIpc) is 2.59. The van der Waals surface area contributed by atoms with Crippen LogP contribution in [0.5, 0.6) is 11.8 Å². The number of nitrogens with zero attached hydrogens (tertiary/aromatic N) is 2. The van der Waals surface area contributed by atoms with Crippen molar-refractivity contribution in [1.29, 1.82) is 0 Å². The van der Waals surface area contributed by atoms with Crippen LogP contribution in [0, 0.1) is 0 Å². The molecule has 0 aliphatic rings. The van der Waals surface area contributed by atoms with Crippen LogP contribution in [0.15, 0.2) is 6.07 Å². The summed E-state index contributed by atoms with van der Waals surface area (Å²) in [4.78, 5) is 10.6. The number of hydrogen-bond acceptors (Lipinski definition) is 4. The lowest BCUT2D eigenvalue weighted by Gasteiger charge is -2.09. The van der Waals surface area contributed by atoms with Gasteiger partial charge < -0.3 is 15.2 Å². The Hall–Kier alpha value is -1.72. The first-order valence-electron chi connectivity index (χ1n) is 5.18. The van der Waals surface area contributed by atoms with Crippen molar-refractivity contribution in [1.82, 2.24) is 9.78 Å². The molecule has 0 unspecified atom stereocenters. The third-order valence-electron chi connectivity index (χ3n) is 1.82. The molecule has 1 amide bonds. The Morgan fingerprint density at radius 2 is 2.25 bits per heavy atom. The van der Waals surface area contributed by atoms with Gasteiger partial charge in [0.25, 0.3) is 5.91 Å². The monoisotopic (exact) mass is 227 g/mol. The quantitative estimate of drug-likeness (QED) is 0.776. The predicted molar refractivity (Wildman–Crippen MR) is 58.5 cm³/mol. The summed E-state index contributed by atoms with van der Waals surface area (Å²) >= 11 is 0. The molecule has 90 valence electrons. The zero-order chi connectivity index (χ0) is 12.1. The molecule has 1 heterocycles. The summed E-state index contributed by atoms with van der Waals surface area (Å²) in [6, 6.07) is 1.77. The van der Waals surface area contributed by atoms with Gasteiger partial charge in [-0.3, -0.25) is 4.79 Å². The first-order chi connectivity index (χ1) is 7.54. The van der Waals surface area contributed by atoms with Gasteiger partial charge in [0.15, 0.2) is 6.61 Å². The van der Waals surface area contributed by atoms with Crippen LogP contribution in [-0.2, 0) is 4.79 Å². The molecular formula is C10H17N3O3. The van der Waals surface area contributed by atoms with Gasteiger partial charge in [-0.05, 0) is 20.8 Å². The highest BCUT2D eigenvalue weighted by molar-refractivity contribution is 5.75. The van der Waals surface area contributed by atoms with E-state index in [0.717, 1.165) is 0 Å². The zero-order valence-electron chi connectivity index (χ0n) is 9.77. The number of carbonyl (C=O) groups excluding carboxylic acids is 1. The SMILES string of the molecule is CCOc1cc(OCC(N)=O)n(C(C)C)n1. The summed E-state index contributed by atoms with van der Waals surface area (Å²) < 4.78 is 12.1. The molecule has 6 nitrogen and oxygen atoms in total. The topological polar surface area (TPSA) is 79.4 Å². The summed E-state index contributed by atoms with van der Waals surface area (Å²) in [6.45, 7) is 6.16. The highest BCUT2D eigenvalue weighted by atomic mass is 16.5. The van der Waals surface area contributed by atoms with Crippen molar-refractivity contribution < 1.29 is 14.3 Å². The molecule has 0 aliphatic heterocycles. The van der Waals surface area contributed by atoms with E-state index in [4.69, 9.17) is 15.2 Å². The summed E-state index contributed by atoms with van der Waals surface area (Å²) in [5, 5.41) is 4.19. The second-order valence-corrected chi connectivity index (χ2v) is 3.55. The maximum absolute atomic E-state index is 10.6. The van der Waals surface area contributed by atoms with E-state index in [2.05, 4.69) is 5.10 Å². The minimum absolute atomic E-state index is 0.122. The molecule has 0 spiro atoms. The van der Waals surface area contributed by atoms with Crippen molar-refractivity contribution in [2.45, 2.75) is 26.8 Å². The van der Waals surface area contributed by atoms with Gasteiger partial charge in [0, 0.05) is 0 Å². The molecule has 16 heavy (non-hydrogen) atoms. The second-order valence-electron chi connectivity index (χ2n) is 3.55. The van der Waals surface area contributed by atoms with Crippen LogP contribution in [0.1, 0.15) is 26.8 Å². The Kier molecular flexibility index (Phi) is 4.16. The standard InChI is InChI=1S/C10H17N3O3/c1-4-15-9-5-10(16-6-8(11)14)13(12-9)7(2)3/h5,7H,4,6H2,1-3H3,(H2,11,14). The molecule has 6 heteroatoms. The lowest BCUT2D eigenvalue weighted by molar-refractivity contribution is -0.120. The Morgan fingerprint density at radius 3 is 2.75 bits per heavy atom. The number of carbonyl (C=O) groups is 1. The van der Waals surface area contributed by atoms with E-state index < -0.39 is 5.91 Å². The van der Waals surface area contributed by atoms with E-state index in [-0.39, 0.29) is 12.6 Å². The van der Waals surface area contributed by atoms with E-state index in [9.17, 15) is 4.79 Å². The van der Waals surface area contributed by atoms with Gasteiger partial charge in [-0.15, -0.1) is 5.10 Å². The van der Waals surface area contributed by atoms with Crippen LogP contribution in [0.2, 0.25) is 0 Å². The highest BCUT2D eigenvalue weighted by Gasteiger charge is 2.13. The summed E-state index contributed by atoms with van der Waals surface area (Å²) in [5.41, 5.74) is 5.01. The van der Waals surface area contributed by atoms with E-state index in [1.54, 1.807) is 10.7 Å². The Bertz CT molecular complexity index is 360. The molecule has 1 rings (SSSR count). The van der Waals surface area contributed by atoms with Gasteiger partial charge in [0.2, 0.25) is 11.8 Å². The minimum atomic E-state index is -0.519. The van der Waals surface area contributed by atoms with Crippen LogP contribution in [0.25, 0.3) is 0 Å². The smallest absolute Gasteiger partial charge is 0.255 e. The normalized spacial score (nSPS) is 10.5. The van der Waals surface area contributed by atoms with Crippen molar-refractivity contribution in [3.8, 4) is 11.8 Å². The van der Waals surface area contributed by atoms with Gasteiger partial charge in [0.05, 0.1) is 18.7 Å². The van der Waals surface area contributed by atoms with E-state index in [1.807, 2.05) is 20.8 Å². The fourth-order valence-corrected chi connectivity index (χ4v) is 1.20. The van der Waals surface area contributed by atoms with Crippen LogP contribution < -0.4 is 15.2 Å². The Labute approximate surface area is 94.3 Å². The molecule has 2 N–H and O–H groups in total. The van der Waals surface area contributed by atoms with Crippen LogP contribution in [-0.4, -0.2) is 28.9 Å². The third-order valence-corrected chi connectivity index (χ3v) is 1.82. The van der Waals surface area contributed by atoms with Crippen molar-refractivity contribution in [2.75, 3.05) is 13.2 Å². The Balaban J connectivity index is 2.82. The molecule has 0 saturated carbocycles. The maximum Gasteiger partial charge on any atom is 0.255 e. The lowest BCUT2D eigenvalue weighted by atomic mass is 10.4.